The molecule has 2 N–H and O–H groups in total. The summed E-state index contributed by atoms with van der Waals surface area (Å²) in [7, 11) is 1.54. The van der Waals surface area contributed by atoms with Crippen LogP contribution in [0, 0.1) is 11.3 Å². The van der Waals surface area contributed by atoms with Gasteiger partial charge in [-0.25, -0.2) is 10.3 Å². The minimum Gasteiger partial charge on any atom is -0.497 e. The van der Waals surface area contributed by atoms with Gasteiger partial charge in [0.05, 0.1) is 30.9 Å². The first-order valence-electron chi connectivity index (χ1n) is 11.6. The first kappa shape index (κ1) is 26.7. The minimum absolute atomic E-state index is 0.00958. The van der Waals surface area contributed by atoms with Crippen LogP contribution in [-0.2, 0) is 30.6 Å². The molecule has 38 heavy (non-hydrogen) atoms. The van der Waals surface area contributed by atoms with E-state index in [2.05, 4.69) is 10.8 Å². The van der Waals surface area contributed by atoms with Crippen LogP contribution in [0.3, 0.4) is 0 Å². The summed E-state index contributed by atoms with van der Waals surface area (Å²) in [6, 6.07) is 12.6. The van der Waals surface area contributed by atoms with E-state index in [1.807, 2.05) is 6.07 Å². The fraction of sp³-hybridized carbons (Fsp3) is 0.269. The lowest BCUT2D eigenvalue weighted by Crippen LogP contribution is -2.74. The molecule has 12 heteroatoms. The Morgan fingerprint density at radius 2 is 1.79 bits per heavy atom. The molecule has 0 radical (unpaired) electrons. The molecule has 0 spiro atoms. The maximum absolute atomic E-state index is 13.2. The monoisotopic (exact) mass is 536 g/mol. The van der Waals surface area contributed by atoms with E-state index in [4.69, 9.17) is 19.6 Å². The fourth-order valence-corrected chi connectivity index (χ4v) is 5.11. The molecule has 2 aromatic rings. The maximum atomic E-state index is 13.2. The van der Waals surface area contributed by atoms with Crippen LogP contribution in [0.4, 0.5) is 0 Å². The van der Waals surface area contributed by atoms with E-state index in [0.717, 1.165) is 11.8 Å². The topological polar surface area (TPSA) is 147 Å². The number of nitriles is 1. The van der Waals surface area contributed by atoms with Crippen molar-refractivity contribution in [2.24, 2.45) is 0 Å². The van der Waals surface area contributed by atoms with E-state index in [1.54, 1.807) is 31.2 Å². The molecule has 0 aliphatic carbocycles. The number of rotatable bonds is 9. The Kier molecular flexibility index (Phi) is 8.30. The number of thioether (sulfide) groups is 1. The van der Waals surface area contributed by atoms with Crippen molar-refractivity contribution in [3.05, 3.63) is 76.2 Å². The average molecular weight is 537 g/mol. The molecule has 2 aliphatic rings. The Morgan fingerprint density at radius 3 is 2.42 bits per heavy atom. The quantitative estimate of drug-likeness (QED) is 0.277. The van der Waals surface area contributed by atoms with Crippen LogP contribution >= 0.6 is 11.8 Å². The number of hydrogen-bond donors (Lipinski definition) is 2. The number of hydroxylamine groups is 1. The van der Waals surface area contributed by atoms with Gasteiger partial charge in [0.1, 0.15) is 23.8 Å². The molecule has 2 aliphatic heterocycles. The molecule has 196 valence electrons. The summed E-state index contributed by atoms with van der Waals surface area (Å²) in [5.74, 6) is -1.87. The molecule has 4 rings (SSSR count). The number of benzene rings is 2. The van der Waals surface area contributed by atoms with Crippen molar-refractivity contribution in [1.29, 1.82) is 5.26 Å². The second-order valence-electron chi connectivity index (χ2n) is 8.21. The lowest BCUT2D eigenvalue weighted by atomic mass is 9.97. The molecule has 3 amide bonds. The zero-order valence-electron chi connectivity index (χ0n) is 20.5. The fourth-order valence-electron chi connectivity index (χ4n) is 3.89. The van der Waals surface area contributed by atoms with E-state index in [-0.39, 0.29) is 24.4 Å². The van der Waals surface area contributed by atoms with Crippen molar-refractivity contribution < 1.29 is 33.5 Å². The predicted octanol–water partition coefficient (Wildman–Crippen LogP) is 1.64. The second-order valence-corrected chi connectivity index (χ2v) is 9.20. The van der Waals surface area contributed by atoms with Gasteiger partial charge in [-0.2, -0.15) is 5.26 Å². The van der Waals surface area contributed by atoms with E-state index in [1.165, 1.54) is 41.7 Å². The third-order valence-corrected chi connectivity index (χ3v) is 7.05. The number of hydrogen-bond acceptors (Lipinski definition) is 9. The van der Waals surface area contributed by atoms with E-state index < -0.39 is 41.1 Å². The van der Waals surface area contributed by atoms with Crippen molar-refractivity contribution in [1.82, 2.24) is 15.7 Å². The lowest BCUT2D eigenvalue weighted by Gasteiger charge is -2.51. The van der Waals surface area contributed by atoms with Gasteiger partial charge in [-0.3, -0.25) is 19.2 Å². The molecule has 2 aromatic carbocycles. The van der Waals surface area contributed by atoms with Crippen LogP contribution in [0.25, 0.3) is 0 Å². The van der Waals surface area contributed by atoms with Gasteiger partial charge in [0.25, 0.3) is 11.8 Å². The largest absolute Gasteiger partial charge is 0.497 e. The van der Waals surface area contributed by atoms with Gasteiger partial charge >= 0.3 is 5.97 Å². The summed E-state index contributed by atoms with van der Waals surface area (Å²) in [5, 5.41) is 12.5. The normalized spacial score (nSPS) is 19.7. The number of nitrogens with zero attached hydrogens (tertiary/aromatic N) is 2. The van der Waals surface area contributed by atoms with Gasteiger partial charge in [0, 0.05) is 5.56 Å². The van der Waals surface area contributed by atoms with Crippen molar-refractivity contribution in [3.63, 3.8) is 0 Å². The van der Waals surface area contributed by atoms with Crippen LogP contribution < -0.4 is 15.5 Å². The summed E-state index contributed by atoms with van der Waals surface area (Å²) in [5.41, 5.74) is 3.60. The van der Waals surface area contributed by atoms with Gasteiger partial charge in [0.15, 0.2) is 6.04 Å². The highest BCUT2D eigenvalue weighted by Gasteiger charge is 2.57. The van der Waals surface area contributed by atoms with Crippen molar-refractivity contribution in [3.8, 4) is 11.8 Å². The van der Waals surface area contributed by atoms with Crippen molar-refractivity contribution in [2.75, 3.05) is 13.7 Å². The molecule has 3 atom stereocenters. The van der Waals surface area contributed by atoms with E-state index in [9.17, 15) is 19.2 Å². The number of ether oxygens (including phenoxy) is 2. The first-order chi connectivity index (χ1) is 18.4. The molecular weight excluding hydrogens is 512 g/mol. The van der Waals surface area contributed by atoms with Crippen LogP contribution in [0.2, 0.25) is 0 Å². The molecule has 2 unspecified atom stereocenters. The molecule has 1 fully saturated rings. The van der Waals surface area contributed by atoms with Gasteiger partial charge < -0.3 is 19.7 Å². The number of nitrogens with one attached hydrogen (secondary N) is 2. The Morgan fingerprint density at radius 1 is 1.08 bits per heavy atom. The van der Waals surface area contributed by atoms with Gasteiger partial charge in [-0.05, 0) is 54.3 Å². The standard InChI is InChI=1S/C26H24N4O7S/c1-3-37-29-23(32)19-14-38-25-20(28-22(31)17-8-4-15(12-27)5-9-17)24(33)30(25)21(19)26(34)36-13-16-6-10-18(35-2)11-7-16/h4-11,14,20-21,25H,3,13H2,1-2H3,(H,28,31)(H,29,32)/t20?,21?,25-/m0/s1. The van der Waals surface area contributed by atoms with Crippen LogP contribution in [0.5, 0.6) is 5.75 Å². The number of amides is 3. The third kappa shape index (κ3) is 5.49. The minimum atomic E-state index is -1.32. The summed E-state index contributed by atoms with van der Waals surface area (Å²) < 4.78 is 10.6. The highest BCUT2D eigenvalue weighted by molar-refractivity contribution is 8.03. The molecule has 0 aromatic heterocycles. The summed E-state index contributed by atoms with van der Waals surface area (Å²) in [6.45, 7) is 1.80. The van der Waals surface area contributed by atoms with Gasteiger partial charge in [0.2, 0.25) is 5.91 Å². The Balaban J connectivity index is 1.50. The Hall–Kier alpha value is -4.34. The average Bonchev–Trinajstić information content (AvgIpc) is 2.96. The predicted molar refractivity (Wildman–Crippen MR) is 135 cm³/mol. The smallest absolute Gasteiger partial charge is 0.334 e. The molecular formula is C26H24N4O7S. The van der Waals surface area contributed by atoms with Crippen LogP contribution in [-0.4, -0.2) is 59.8 Å². The molecule has 0 bridgehead atoms. The Bertz CT molecular complexity index is 1300. The van der Waals surface area contributed by atoms with Crippen molar-refractivity contribution in [2.45, 2.75) is 31.0 Å². The summed E-state index contributed by atoms with van der Waals surface area (Å²) in [6.07, 6.45) is 0. The van der Waals surface area contributed by atoms with E-state index in [0.29, 0.717) is 16.9 Å². The zero-order valence-corrected chi connectivity index (χ0v) is 21.3. The highest BCUT2D eigenvalue weighted by Crippen LogP contribution is 2.40. The Labute approximate surface area is 222 Å². The number of carbonyl (C=O) groups excluding carboxylic acids is 4. The third-order valence-electron chi connectivity index (χ3n) is 5.88. The maximum Gasteiger partial charge on any atom is 0.334 e. The second kappa shape index (κ2) is 11.8. The molecule has 1 saturated heterocycles. The van der Waals surface area contributed by atoms with E-state index >= 15 is 0 Å². The van der Waals surface area contributed by atoms with Crippen molar-refractivity contribution >= 4 is 35.5 Å². The van der Waals surface area contributed by atoms with Crippen LogP contribution in [0.1, 0.15) is 28.4 Å². The van der Waals surface area contributed by atoms with Gasteiger partial charge in [-0.15, -0.1) is 11.8 Å². The summed E-state index contributed by atoms with van der Waals surface area (Å²) >= 11 is 1.12. The number of fused-ring (bicyclic) bond motifs is 1. The molecule has 11 nitrogen and oxygen atoms in total. The first-order valence-corrected chi connectivity index (χ1v) is 12.5. The number of β-lactam (4-membered cyclic amide) rings is 1. The van der Waals surface area contributed by atoms with Crippen LogP contribution in [0.15, 0.2) is 59.5 Å². The number of methoxy groups -OCH3 is 1. The van der Waals surface area contributed by atoms with Gasteiger partial charge in [-0.1, -0.05) is 12.1 Å². The highest BCUT2D eigenvalue weighted by atomic mass is 32.2. The summed E-state index contributed by atoms with van der Waals surface area (Å²) in [4.78, 5) is 58.0. The molecule has 2 heterocycles. The number of carbonyl (C=O) groups is 4. The zero-order chi connectivity index (χ0) is 27.2. The lowest BCUT2D eigenvalue weighted by molar-refractivity contribution is -0.163. The number of esters is 1. The molecule has 0 saturated carbocycles. The SMILES string of the molecule is CCONC(=O)C1=CS[C@H]2C(NC(=O)c3ccc(C#N)cc3)C(=O)N2C1C(=O)OCc1ccc(OC)cc1.